The zero-order valence-electron chi connectivity index (χ0n) is 12.4. The van der Waals surface area contributed by atoms with Crippen LogP contribution in [0.3, 0.4) is 0 Å². The molecule has 0 heterocycles. The second-order valence-corrected chi connectivity index (χ2v) is 5.49. The Balaban J connectivity index is 1.81. The molecule has 0 spiro atoms. The maximum atomic E-state index is 10.8. The Hall–Kier alpha value is -1.67. The highest BCUT2D eigenvalue weighted by atomic mass is 16.1. The summed E-state index contributed by atoms with van der Waals surface area (Å²) in [6.45, 7) is 5.66. The Labute approximate surface area is 121 Å². The minimum Gasteiger partial charge on any atom is -0.316 e. The molecule has 0 saturated carbocycles. The molecule has 0 saturated heterocycles. The van der Waals surface area contributed by atoms with E-state index in [1.807, 2.05) is 0 Å². The molecule has 0 atom stereocenters. The van der Waals surface area contributed by atoms with Crippen molar-refractivity contribution in [1.29, 1.82) is 0 Å². The number of carbonyl (C=O) groups excluding carboxylic acids is 1. The van der Waals surface area contributed by atoms with Crippen molar-refractivity contribution in [2.75, 3.05) is 13.1 Å². The highest BCUT2D eigenvalue weighted by molar-refractivity contribution is 5.83. The van der Waals surface area contributed by atoms with Gasteiger partial charge >= 0.3 is 0 Å². The molecule has 0 aliphatic carbocycles. The number of rotatable bonds is 7. The average molecular weight is 269 g/mol. The van der Waals surface area contributed by atoms with Crippen LogP contribution >= 0.6 is 0 Å². The fourth-order valence-corrected chi connectivity index (χ4v) is 2.39. The monoisotopic (exact) mass is 269 g/mol. The highest BCUT2D eigenvalue weighted by Crippen LogP contribution is 2.17. The number of ketones is 1. The second kappa shape index (κ2) is 7.20. The molecule has 2 rings (SSSR count). The summed E-state index contributed by atoms with van der Waals surface area (Å²) in [7, 11) is 0. The molecule has 0 aliphatic heterocycles. The Bertz CT molecular complexity index is 589. The predicted octanol–water partition coefficient (Wildman–Crippen LogP) is 3.65. The first-order valence-corrected chi connectivity index (χ1v) is 7.34. The van der Waals surface area contributed by atoms with Crippen LogP contribution in [0.5, 0.6) is 0 Å². The molecule has 2 nitrogen and oxygen atoms in total. The number of aryl methyl sites for hydroxylation is 1. The molecule has 0 amide bonds. The van der Waals surface area contributed by atoms with Crippen molar-refractivity contribution in [1.82, 2.24) is 5.32 Å². The Kier molecular flexibility index (Phi) is 5.31. The van der Waals surface area contributed by atoms with Crippen LogP contribution in [-0.4, -0.2) is 18.9 Å². The summed E-state index contributed by atoms with van der Waals surface area (Å²) in [5, 5.41) is 6.01. The molecule has 0 aliphatic rings. The van der Waals surface area contributed by atoms with E-state index in [-0.39, 0.29) is 5.78 Å². The fourth-order valence-electron chi connectivity index (χ4n) is 2.39. The lowest BCUT2D eigenvalue weighted by Crippen LogP contribution is -2.19. The van der Waals surface area contributed by atoms with Crippen LogP contribution in [0, 0.1) is 6.92 Å². The summed E-state index contributed by atoms with van der Waals surface area (Å²) in [5.74, 6) is 0.275. The van der Waals surface area contributed by atoms with Gasteiger partial charge in [-0.3, -0.25) is 0 Å². The van der Waals surface area contributed by atoms with E-state index >= 15 is 0 Å². The standard InChI is InChI=1S/C18H23NO/c1-14-5-7-18-13-16(6-8-17(18)12-14)9-11-19-10-3-4-15(2)20/h5-8,12-13,19H,3-4,9-11H2,1-2H3. The van der Waals surface area contributed by atoms with Gasteiger partial charge in [-0.2, -0.15) is 0 Å². The number of hydrogen-bond donors (Lipinski definition) is 1. The molecule has 0 radical (unpaired) electrons. The van der Waals surface area contributed by atoms with E-state index in [1.165, 1.54) is 21.9 Å². The Morgan fingerprint density at radius 2 is 1.80 bits per heavy atom. The minimum absolute atomic E-state index is 0.275. The van der Waals surface area contributed by atoms with Crippen LogP contribution in [0.15, 0.2) is 36.4 Å². The molecular weight excluding hydrogens is 246 g/mol. The number of Topliss-reactive ketones (excluding diaryl/α,β-unsaturated/α-hetero) is 1. The van der Waals surface area contributed by atoms with Gasteiger partial charge in [0.15, 0.2) is 0 Å². The predicted molar refractivity (Wildman–Crippen MR) is 85.2 cm³/mol. The van der Waals surface area contributed by atoms with Crippen LogP contribution in [0.25, 0.3) is 10.8 Å². The van der Waals surface area contributed by atoms with E-state index in [0.29, 0.717) is 6.42 Å². The Morgan fingerprint density at radius 3 is 2.60 bits per heavy atom. The molecule has 20 heavy (non-hydrogen) atoms. The van der Waals surface area contributed by atoms with Gasteiger partial charge in [0.05, 0.1) is 0 Å². The molecule has 1 N–H and O–H groups in total. The first-order chi connectivity index (χ1) is 9.65. The maximum absolute atomic E-state index is 10.8. The molecule has 0 bridgehead atoms. The summed E-state index contributed by atoms with van der Waals surface area (Å²) in [4.78, 5) is 10.8. The molecule has 0 aromatic heterocycles. The molecule has 2 aromatic rings. The van der Waals surface area contributed by atoms with Crippen molar-refractivity contribution >= 4 is 16.6 Å². The summed E-state index contributed by atoms with van der Waals surface area (Å²) < 4.78 is 0. The molecule has 106 valence electrons. The number of hydrogen-bond acceptors (Lipinski definition) is 2. The summed E-state index contributed by atoms with van der Waals surface area (Å²) in [5.41, 5.74) is 2.66. The van der Waals surface area contributed by atoms with E-state index < -0.39 is 0 Å². The topological polar surface area (TPSA) is 29.1 Å². The van der Waals surface area contributed by atoms with Gasteiger partial charge in [0.1, 0.15) is 5.78 Å². The molecule has 2 heteroatoms. The second-order valence-electron chi connectivity index (χ2n) is 5.49. The fraction of sp³-hybridized carbons (Fsp3) is 0.389. The van der Waals surface area contributed by atoms with Gasteiger partial charge in [-0.05, 0) is 56.1 Å². The van der Waals surface area contributed by atoms with E-state index in [4.69, 9.17) is 0 Å². The number of nitrogens with one attached hydrogen (secondary N) is 1. The zero-order chi connectivity index (χ0) is 14.4. The van der Waals surface area contributed by atoms with E-state index in [9.17, 15) is 4.79 Å². The van der Waals surface area contributed by atoms with Crippen LogP contribution in [0.2, 0.25) is 0 Å². The van der Waals surface area contributed by atoms with Crippen molar-refractivity contribution in [2.24, 2.45) is 0 Å². The van der Waals surface area contributed by atoms with Gasteiger partial charge in [0.25, 0.3) is 0 Å². The van der Waals surface area contributed by atoms with Crippen molar-refractivity contribution in [3.63, 3.8) is 0 Å². The van der Waals surface area contributed by atoms with Gasteiger partial charge in [0.2, 0.25) is 0 Å². The number of benzene rings is 2. The lowest BCUT2D eigenvalue weighted by Gasteiger charge is -2.06. The van der Waals surface area contributed by atoms with E-state index in [2.05, 4.69) is 48.6 Å². The summed E-state index contributed by atoms with van der Waals surface area (Å²) in [6.07, 6.45) is 2.65. The van der Waals surface area contributed by atoms with Gasteiger partial charge in [0, 0.05) is 6.42 Å². The van der Waals surface area contributed by atoms with Crippen LogP contribution in [0.1, 0.15) is 30.9 Å². The first kappa shape index (κ1) is 14.7. The molecule has 2 aromatic carbocycles. The maximum Gasteiger partial charge on any atom is 0.129 e. The van der Waals surface area contributed by atoms with Crippen molar-refractivity contribution in [3.8, 4) is 0 Å². The largest absolute Gasteiger partial charge is 0.316 e. The lowest BCUT2D eigenvalue weighted by molar-refractivity contribution is -0.117. The third-order valence-corrected chi connectivity index (χ3v) is 3.53. The van der Waals surface area contributed by atoms with E-state index in [1.54, 1.807) is 6.92 Å². The van der Waals surface area contributed by atoms with Crippen molar-refractivity contribution in [3.05, 3.63) is 47.5 Å². The SMILES string of the molecule is CC(=O)CCCNCCc1ccc2cc(C)ccc2c1. The first-order valence-electron chi connectivity index (χ1n) is 7.34. The number of carbonyl (C=O) groups is 1. The zero-order valence-corrected chi connectivity index (χ0v) is 12.4. The van der Waals surface area contributed by atoms with Gasteiger partial charge in [-0.1, -0.05) is 42.0 Å². The van der Waals surface area contributed by atoms with Crippen LogP contribution < -0.4 is 5.32 Å². The third-order valence-electron chi connectivity index (χ3n) is 3.53. The highest BCUT2D eigenvalue weighted by Gasteiger charge is 1.98. The summed E-state index contributed by atoms with van der Waals surface area (Å²) >= 11 is 0. The van der Waals surface area contributed by atoms with Crippen LogP contribution in [-0.2, 0) is 11.2 Å². The number of fused-ring (bicyclic) bond motifs is 1. The van der Waals surface area contributed by atoms with Gasteiger partial charge in [-0.15, -0.1) is 0 Å². The van der Waals surface area contributed by atoms with Crippen molar-refractivity contribution in [2.45, 2.75) is 33.1 Å². The van der Waals surface area contributed by atoms with E-state index in [0.717, 1.165) is 25.9 Å². The normalized spacial score (nSPS) is 10.9. The average Bonchev–Trinajstić information content (AvgIpc) is 2.42. The lowest BCUT2D eigenvalue weighted by atomic mass is 10.0. The third kappa shape index (κ3) is 4.46. The Morgan fingerprint density at radius 1 is 1.05 bits per heavy atom. The van der Waals surface area contributed by atoms with Crippen LogP contribution in [0.4, 0.5) is 0 Å². The quantitative estimate of drug-likeness (QED) is 0.777. The van der Waals surface area contributed by atoms with Gasteiger partial charge in [-0.25, -0.2) is 0 Å². The van der Waals surface area contributed by atoms with Crippen molar-refractivity contribution < 1.29 is 4.79 Å². The van der Waals surface area contributed by atoms with Gasteiger partial charge < -0.3 is 10.1 Å². The molecule has 0 unspecified atom stereocenters. The summed E-state index contributed by atoms with van der Waals surface area (Å²) in [6, 6.07) is 13.2. The molecular formula is C18H23NO. The smallest absolute Gasteiger partial charge is 0.129 e. The molecule has 0 fully saturated rings. The minimum atomic E-state index is 0.275.